The van der Waals surface area contributed by atoms with Gasteiger partial charge in [-0.25, -0.2) is 8.42 Å². The fourth-order valence-corrected chi connectivity index (χ4v) is 5.47. The van der Waals surface area contributed by atoms with E-state index in [0.717, 1.165) is 37.7 Å². The molecule has 8 heteroatoms. The van der Waals surface area contributed by atoms with Crippen molar-refractivity contribution in [3.63, 3.8) is 0 Å². The van der Waals surface area contributed by atoms with Gasteiger partial charge in [0.2, 0.25) is 10.0 Å². The minimum absolute atomic E-state index is 0.0528. The second kappa shape index (κ2) is 7.09. The zero-order chi connectivity index (χ0) is 19.0. The van der Waals surface area contributed by atoms with Crippen LogP contribution in [0.15, 0.2) is 35.4 Å². The third-order valence-electron chi connectivity index (χ3n) is 5.50. The average molecular weight is 388 g/mol. The lowest BCUT2D eigenvalue weighted by atomic mass is 9.93. The van der Waals surface area contributed by atoms with E-state index in [4.69, 9.17) is 0 Å². The van der Waals surface area contributed by atoms with Crippen LogP contribution in [0.4, 0.5) is 0 Å². The summed E-state index contributed by atoms with van der Waals surface area (Å²) in [5, 5.41) is 7.36. The lowest BCUT2D eigenvalue weighted by Crippen LogP contribution is -2.31. The number of aryl methyl sites for hydroxylation is 1. The molecule has 1 aliphatic carbocycles. The lowest BCUT2D eigenvalue weighted by molar-refractivity contribution is 0.0932. The number of amides is 1. The molecule has 4 rings (SSSR count). The molecule has 1 unspecified atom stereocenters. The van der Waals surface area contributed by atoms with Gasteiger partial charge in [-0.3, -0.25) is 9.48 Å². The van der Waals surface area contributed by atoms with E-state index in [9.17, 15) is 13.2 Å². The Kier molecular flexibility index (Phi) is 4.77. The molecule has 0 saturated carbocycles. The van der Waals surface area contributed by atoms with Crippen molar-refractivity contribution < 1.29 is 13.2 Å². The number of fused-ring (bicyclic) bond motifs is 1. The van der Waals surface area contributed by atoms with Crippen molar-refractivity contribution in [1.82, 2.24) is 19.4 Å². The Labute approximate surface area is 159 Å². The van der Waals surface area contributed by atoms with Crippen LogP contribution in [0.1, 0.15) is 53.3 Å². The molecule has 1 amide bonds. The maximum atomic E-state index is 12.6. The molecule has 1 aromatic heterocycles. The predicted octanol–water partition coefficient (Wildman–Crippen LogP) is 2.01. The van der Waals surface area contributed by atoms with Gasteiger partial charge in [-0.1, -0.05) is 0 Å². The summed E-state index contributed by atoms with van der Waals surface area (Å²) >= 11 is 0. The van der Waals surface area contributed by atoms with Crippen molar-refractivity contribution >= 4 is 15.9 Å². The molecule has 1 saturated heterocycles. The summed E-state index contributed by atoms with van der Waals surface area (Å²) in [7, 11) is -1.54. The smallest absolute Gasteiger partial charge is 0.251 e. The third-order valence-corrected chi connectivity index (χ3v) is 7.41. The van der Waals surface area contributed by atoms with Crippen LogP contribution in [0.3, 0.4) is 0 Å². The van der Waals surface area contributed by atoms with E-state index >= 15 is 0 Å². The number of carbonyl (C=O) groups excluding carboxylic acids is 1. The largest absolute Gasteiger partial charge is 0.345 e. The summed E-state index contributed by atoms with van der Waals surface area (Å²) in [6.45, 7) is 1.14. The molecule has 0 radical (unpaired) electrons. The van der Waals surface area contributed by atoms with Gasteiger partial charge in [-0.05, 0) is 56.4 Å². The van der Waals surface area contributed by atoms with Crippen LogP contribution in [0.5, 0.6) is 0 Å². The highest BCUT2D eigenvalue weighted by molar-refractivity contribution is 7.89. The molecule has 0 bridgehead atoms. The third kappa shape index (κ3) is 3.39. The number of aromatic nitrogens is 2. The topological polar surface area (TPSA) is 84.3 Å². The van der Waals surface area contributed by atoms with Crippen molar-refractivity contribution in [2.24, 2.45) is 7.05 Å². The summed E-state index contributed by atoms with van der Waals surface area (Å²) in [6.07, 6.45) is 6.48. The number of hydrogen-bond acceptors (Lipinski definition) is 4. The SMILES string of the molecule is Cn1ncc2c1CCCC2NC(=O)c1ccc(S(=O)(=O)N2CCCC2)cc1. The Morgan fingerprint density at radius 3 is 2.56 bits per heavy atom. The second-order valence-electron chi connectivity index (χ2n) is 7.22. The van der Waals surface area contributed by atoms with Crippen LogP contribution in [0, 0.1) is 0 Å². The first-order valence-corrected chi connectivity index (χ1v) is 10.8. The van der Waals surface area contributed by atoms with Crippen molar-refractivity contribution in [3.05, 3.63) is 47.3 Å². The van der Waals surface area contributed by atoms with Gasteiger partial charge in [0.25, 0.3) is 5.91 Å². The molecule has 1 aliphatic heterocycles. The molecule has 2 aromatic rings. The highest BCUT2D eigenvalue weighted by atomic mass is 32.2. The number of carbonyl (C=O) groups is 1. The maximum Gasteiger partial charge on any atom is 0.251 e. The van der Waals surface area contributed by atoms with Gasteiger partial charge >= 0.3 is 0 Å². The van der Waals surface area contributed by atoms with E-state index in [-0.39, 0.29) is 16.8 Å². The van der Waals surface area contributed by atoms with Gasteiger partial charge in [0.05, 0.1) is 17.1 Å². The molecular weight excluding hydrogens is 364 g/mol. The zero-order valence-electron chi connectivity index (χ0n) is 15.4. The van der Waals surface area contributed by atoms with Gasteiger partial charge in [0.15, 0.2) is 0 Å². The standard InChI is InChI=1S/C19H24N4O3S/c1-22-18-6-4-5-17(16(18)13-20-22)21-19(24)14-7-9-15(10-8-14)27(25,26)23-11-2-3-12-23/h7-10,13,17H,2-6,11-12H2,1H3,(H,21,24). The minimum Gasteiger partial charge on any atom is -0.345 e. The first-order chi connectivity index (χ1) is 13.0. The van der Waals surface area contributed by atoms with E-state index in [2.05, 4.69) is 10.4 Å². The fraction of sp³-hybridized carbons (Fsp3) is 0.474. The predicted molar refractivity (Wildman–Crippen MR) is 101 cm³/mol. The lowest BCUT2D eigenvalue weighted by Gasteiger charge is -2.24. The minimum atomic E-state index is -3.45. The monoisotopic (exact) mass is 388 g/mol. The van der Waals surface area contributed by atoms with Crippen LogP contribution in [-0.2, 0) is 23.5 Å². The molecule has 1 atom stereocenters. The van der Waals surface area contributed by atoms with Gasteiger partial charge in [-0.2, -0.15) is 9.40 Å². The molecule has 1 aromatic carbocycles. The van der Waals surface area contributed by atoms with E-state index in [0.29, 0.717) is 18.7 Å². The Morgan fingerprint density at radius 2 is 1.85 bits per heavy atom. The molecule has 27 heavy (non-hydrogen) atoms. The van der Waals surface area contributed by atoms with E-state index in [1.54, 1.807) is 12.1 Å². The summed E-state index contributed by atoms with van der Waals surface area (Å²) < 4.78 is 28.6. The quantitative estimate of drug-likeness (QED) is 0.868. The van der Waals surface area contributed by atoms with Crippen LogP contribution in [0.25, 0.3) is 0 Å². The van der Waals surface area contributed by atoms with Crippen molar-refractivity contribution in [2.75, 3.05) is 13.1 Å². The number of sulfonamides is 1. The van der Waals surface area contributed by atoms with Gasteiger partial charge in [-0.15, -0.1) is 0 Å². The van der Waals surface area contributed by atoms with E-state index in [1.807, 2.05) is 17.9 Å². The maximum absolute atomic E-state index is 12.6. The average Bonchev–Trinajstić information content (AvgIpc) is 3.33. The van der Waals surface area contributed by atoms with Gasteiger partial charge < -0.3 is 5.32 Å². The Hall–Kier alpha value is -2.19. The van der Waals surface area contributed by atoms with Crippen molar-refractivity contribution in [2.45, 2.75) is 43.0 Å². The highest BCUT2D eigenvalue weighted by Crippen LogP contribution is 2.29. The number of benzene rings is 1. The molecule has 1 fully saturated rings. The first kappa shape index (κ1) is 18.2. The molecule has 144 valence electrons. The van der Waals surface area contributed by atoms with Crippen molar-refractivity contribution in [3.8, 4) is 0 Å². The highest BCUT2D eigenvalue weighted by Gasteiger charge is 2.28. The summed E-state index contributed by atoms with van der Waals surface area (Å²) in [5.74, 6) is -0.193. The Bertz CT molecular complexity index is 944. The van der Waals surface area contributed by atoms with Crippen LogP contribution in [-0.4, -0.2) is 41.5 Å². The van der Waals surface area contributed by atoms with E-state index in [1.165, 1.54) is 22.1 Å². The van der Waals surface area contributed by atoms with Gasteiger partial charge in [0.1, 0.15) is 0 Å². The molecule has 0 spiro atoms. The first-order valence-electron chi connectivity index (χ1n) is 9.38. The normalized spacial score (nSPS) is 20.4. The molecular formula is C19H24N4O3S. The summed E-state index contributed by atoms with van der Waals surface area (Å²) in [5.41, 5.74) is 2.70. The fourth-order valence-electron chi connectivity index (χ4n) is 3.95. The Morgan fingerprint density at radius 1 is 1.15 bits per heavy atom. The van der Waals surface area contributed by atoms with Crippen molar-refractivity contribution in [1.29, 1.82) is 0 Å². The van der Waals surface area contributed by atoms with Crippen LogP contribution in [0.2, 0.25) is 0 Å². The van der Waals surface area contributed by atoms with Gasteiger partial charge in [0, 0.05) is 37.0 Å². The van der Waals surface area contributed by atoms with Crippen LogP contribution >= 0.6 is 0 Å². The number of nitrogens with one attached hydrogen (secondary N) is 1. The number of hydrogen-bond donors (Lipinski definition) is 1. The second-order valence-corrected chi connectivity index (χ2v) is 9.16. The number of nitrogens with zero attached hydrogens (tertiary/aromatic N) is 3. The summed E-state index contributed by atoms with van der Waals surface area (Å²) in [4.78, 5) is 12.9. The zero-order valence-corrected chi connectivity index (χ0v) is 16.2. The molecule has 2 aliphatic rings. The number of rotatable bonds is 4. The van der Waals surface area contributed by atoms with E-state index < -0.39 is 10.0 Å². The summed E-state index contributed by atoms with van der Waals surface area (Å²) in [6, 6.07) is 6.18. The molecule has 2 heterocycles. The van der Waals surface area contributed by atoms with Crippen LogP contribution < -0.4 is 5.32 Å². The molecule has 1 N–H and O–H groups in total. The Balaban J connectivity index is 1.49. The molecule has 7 nitrogen and oxygen atoms in total.